The van der Waals surface area contributed by atoms with Gasteiger partial charge in [-0.25, -0.2) is 0 Å². The van der Waals surface area contributed by atoms with Gasteiger partial charge in [-0.1, -0.05) is 18.2 Å². The number of methoxy groups -OCH3 is 1. The fraction of sp³-hybridized carbons (Fsp3) is 0.571. The molecule has 0 fully saturated rings. The van der Waals surface area contributed by atoms with Crippen LogP contribution in [-0.2, 0) is 11.2 Å². The summed E-state index contributed by atoms with van der Waals surface area (Å²) in [4.78, 5) is 0. The molecule has 0 aromatic heterocycles. The molecule has 0 bridgehead atoms. The van der Waals surface area contributed by atoms with E-state index in [2.05, 4.69) is 23.5 Å². The number of benzene rings is 1. The van der Waals surface area contributed by atoms with E-state index in [1.807, 2.05) is 19.9 Å². The summed E-state index contributed by atoms with van der Waals surface area (Å²) in [6.07, 6.45) is 1.74. The lowest BCUT2D eigenvalue weighted by Crippen LogP contribution is -2.53. The summed E-state index contributed by atoms with van der Waals surface area (Å²) in [7, 11) is 1.63. The SMILES string of the molecule is COC(C)C(C)(O)C1CCc2ccccc2N1. The maximum atomic E-state index is 10.5. The monoisotopic (exact) mass is 235 g/mol. The predicted octanol–water partition coefficient (Wildman–Crippen LogP) is 2.20. The lowest BCUT2D eigenvalue weighted by molar-refractivity contribution is -0.0847. The number of ether oxygens (including phenoxy) is 1. The quantitative estimate of drug-likeness (QED) is 0.844. The van der Waals surface area contributed by atoms with Crippen LogP contribution in [0.15, 0.2) is 24.3 Å². The average Bonchev–Trinajstić information content (AvgIpc) is 2.37. The Balaban J connectivity index is 2.17. The highest BCUT2D eigenvalue weighted by Crippen LogP contribution is 2.31. The van der Waals surface area contributed by atoms with E-state index in [9.17, 15) is 5.11 Å². The van der Waals surface area contributed by atoms with Gasteiger partial charge in [0, 0.05) is 12.8 Å². The van der Waals surface area contributed by atoms with Crippen LogP contribution in [0.1, 0.15) is 25.8 Å². The van der Waals surface area contributed by atoms with E-state index >= 15 is 0 Å². The number of anilines is 1. The van der Waals surface area contributed by atoms with E-state index in [1.54, 1.807) is 7.11 Å². The third-order valence-electron chi connectivity index (χ3n) is 3.93. The molecule has 2 rings (SSSR count). The first-order valence-corrected chi connectivity index (χ1v) is 6.15. The van der Waals surface area contributed by atoms with Crippen LogP contribution in [0, 0.1) is 0 Å². The van der Waals surface area contributed by atoms with Gasteiger partial charge in [-0.05, 0) is 38.3 Å². The molecule has 0 radical (unpaired) electrons. The molecule has 3 nitrogen and oxygen atoms in total. The minimum Gasteiger partial charge on any atom is -0.385 e. The molecule has 3 unspecified atom stereocenters. The van der Waals surface area contributed by atoms with Crippen molar-refractivity contribution in [3.05, 3.63) is 29.8 Å². The van der Waals surface area contributed by atoms with Crippen molar-refractivity contribution in [2.24, 2.45) is 0 Å². The highest BCUT2D eigenvalue weighted by molar-refractivity contribution is 5.54. The van der Waals surface area contributed by atoms with Crippen LogP contribution >= 0.6 is 0 Å². The van der Waals surface area contributed by atoms with Gasteiger partial charge < -0.3 is 15.2 Å². The summed E-state index contributed by atoms with van der Waals surface area (Å²) in [6.45, 7) is 3.74. The molecule has 1 heterocycles. The van der Waals surface area contributed by atoms with Crippen molar-refractivity contribution < 1.29 is 9.84 Å². The maximum absolute atomic E-state index is 10.5. The largest absolute Gasteiger partial charge is 0.385 e. The summed E-state index contributed by atoms with van der Waals surface area (Å²) in [5, 5.41) is 14.0. The standard InChI is InChI=1S/C14H21NO2/c1-10(17-3)14(2,16)13-9-8-11-6-4-5-7-12(11)15-13/h4-7,10,13,15-16H,8-9H2,1-3H3. The van der Waals surface area contributed by atoms with Crippen molar-refractivity contribution in [1.82, 2.24) is 0 Å². The molecule has 3 atom stereocenters. The number of hydrogen-bond acceptors (Lipinski definition) is 3. The summed E-state index contributed by atoms with van der Waals surface area (Å²) >= 11 is 0. The first kappa shape index (κ1) is 12.4. The lowest BCUT2D eigenvalue weighted by atomic mass is 9.84. The molecule has 1 aliphatic rings. The van der Waals surface area contributed by atoms with Gasteiger partial charge >= 0.3 is 0 Å². The minimum absolute atomic E-state index is 0.0346. The van der Waals surface area contributed by atoms with Gasteiger partial charge in [-0.15, -0.1) is 0 Å². The Morgan fingerprint density at radius 1 is 1.47 bits per heavy atom. The molecule has 0 saturated carbocycles. The van der Waals surface area contributed by atoms with Gasteiger partial charge in [0.05, 0.1) is 12.1 Å². The number of nitrogens with one attached hydrogen (secondary N) is 1. The second-order valence-electron chi connectivity index (χ2n) is 5.00. The molecular formula is C14H21NO2. The molecule has 0 spiro atoms. The number of fused-ring (bicyclic) bond motifs is 1. The van der Waals surface area contributed by atoms with Gasteiger partial charge in [0.2, 0.25) is 0 Å². The van der Waals surface area contributed by atoms with Crippen LogP contribution in [0.3, 0.4) is 0 Å². The van der Waals surface area contributed by atoms with E-state index in [1.165, 1.54) is 5.56 Å². The Morgan fingerprint density at radius 3 is 2.88 bits per heavy atom. The third kappa shape index (κ3) is 2.31. The molecular weight excluding hydrogens is 214 g/mol. The maximum Gasteiger partial charge on any atom is 0.108 e. The summed E-state index contributed by atoms with van der Waals surface area (Å²) < 4.78 is 5.27. The first-order valence-electron chi connectivity index (χ1n) is 6.15. The van der Waals surface area contributed by atoms with Crippen LogP contribution in [0.5, 0.6) is 0 Å². The van der Waals surface area contributed by atoms with Crippen molar-refractivity contribution in [1.29, 1.82) is 0 Å². The molecule has 3 heteroatoms. The topological polar surface area (TPSA) is 41.5 Å². The van der Waals surface area contributed by atoms with E-state index in [0.717, 1.165) is 18.5 Å². The van der Waals surface area contributed by atoms with Crippen LogP contribution in [-0.4, -0.2) is 30.0 Å². The van der Waals surface area contributed by atoms with Gasteiger partial charge in [0.1, 0.15) is 5.60 Å². The van der Waals surface area contributed by atoms with Crippen LogP contribution in [0.2, 0.25) is 0 Å². The number of hydrogen-bond donors (Lipinski definition) is 2. The smallest absolute Gasteiger partial charge is 0.108 e. The third-order valence-corrected chi connectivity index (χ3v) is 3.93. The van der Waals surface area contributed by atoms with Crippen molar-refractivity contribution in [3.8, 4) is 0 Å². The molecule has 0 amide bonds. The zero-order chi connectivity index (χ0) is 12.5. The predicted molar refractivity (Wildman–Crippen MR) is 69.3 cm³/mol. The Morgan fingerprint density at radius 2 is 2.18 bits per heavy atom. The molecule has 1 aliphatic heterocycles. The number of aliphatic hydroxyl groups is 1. The molecule has 1 aromatic carbocycles. The van der Waals surface area contributed by atoms with Crippen molar-refractivity contribution in [2.45, 2.75) is 44.4 Å². The molecule has 17 heavy (non-hydrogen) atoms. The van der Waals surface area contributed by atoms with Crippen molar-refractivity contribution in [2.75, 3.05) is 12.4 Å². The Hall–Kier alpha value is -1.06. The molecule has 1 aromatic rings. The molecule has 2 N–H and O–H groups in total. The summed E-state index contributed by atoms with van der Waals surface area (Å²) in [5.74, 6) is 0. The van der Waals surface area contributed by atoms with Crippen molar-refractivity contribution >= 4 is 5.69 Å². The lowest BCUT2D eigenvalue weighted by Gasteiger charge is -2.40. The average molecular weight is 235 g/mol. The van der Waals surface area contributed by atoms with E-state index in [4.69, 9.17) is 4.74 Å². The van der Waals surface area contributed by atoms with Crippen LogP contribution < -0.4 is 5.32 Å². The Labute approximate surface area is 103 Å². The fourth-order valence-corrected chi connectivity index (χ4v) is 2.40. The molecule has 94 valence electrons. The number of aryl methyl sites for hydroxylation is 1. The Kier molecular flexibility index (Phi) is 3.40. The van der Waals surface area contributed by atoms with Gasteiger partial charge in [-0.3, -0.25) is 0 Å². The molecule has 0 saturated heterocycles. The van der Waals surface area contributed by atoms with E-state index < -0.39 is 5.60 Å². The van der Waals surface area contributed by atoms with Gasteiger partial charge in [0.25, 0.3) is 0 Å². The zero-order valence-corrected chi connectivity index (χ0v) is 10.7. The second kappa shape index (κ2) is 4.67. The van der Waals surface area contributed by atoms with Crippen LogP contribution in [0.25, 0.3) is 0 Å². The Bertz CT molecular complexity index is 390. The minimum atomic E-state index is -0.859. The highest BCUT2D eigenvalue weighted by Gasteiger charge is 2.39. The first-order chi connectivity index (χ1) is 8.05. The molecule has 0 aliphatic carbocycles. The van der Waals surface area contributed by atoms with E-state index in [-0.39, 0.29) is 12.1 Å². The van der Waals surface area contributed by atoms with E-state index in [0.29, 0.717) is 0 Å². The number of para-hydroxylation sites is 1. The summed E-state index contributed by atoms with van der Waals surface area (Å²) in [6, 6.07) is 8.30. The highest BCUT2D eigenvalue weighted by atomic mass is 16.5. The fourth-order valence-electron chi connectivity index (χ4n) is 2.40. The van der Waals surface area contributed by atoms with Gasteiger partial charge in [-0.2, -0.15) is 0 Å². The van der Waals surface area contributed by atoms with Gasteiger partial charge in [0.15, 0.2) is 0 Å². The number of rotatable bonds is 3. The zero-order valence-electron chi connectivity index (χ0n) is 10.7. The normalized spacial score (nSPS) is 24.4. The van der Waals surface area contributed by atoms with Crippen molar-refractivity contribution in [3.63, 3.8) is 0 Å². The summed E-state index contributed by atoms with van der Waals surface area (Å²) in [5.41, 5.74) is 1.60. The second-order valence-corrected chi connectivity index (χ2v) is 5.00. The van der Waals surface area contributed by atoms with Crippen LogP contribution in [0.4, 0.5) is 5.69 Å².